The van der Waals surface area contributed by atoms with Gasteiger partial charge in [-0.3, -0.25) is 15.1 Å². The second kappa shape index (κ2) is 11.6. The number of benzene rings is 3. The van der Waals surface area contributed by atoms with Crippen LogP contribution in [0.25, 0.3) is 5.69 Å². The van der Waals surface area contributed by atoms with E-state index in [1.807, 2.05) is 91.2 Å². The maximum absolute atomic E-state index is 12.1. The van der Waals surface area contributed by atoms with Crippen molar-refractivity contribution in [2.24, 2.45) is 0 Å². The van der Waals surface area contributed by atoms with E-state index in [0.717, 1.165) is 34.1 Å². The molecular formula is C33H29N5O4S. The Morgan fingerprint density at radius 1 is 0.907 bits per heavy atom. The molecule has 1 fully saturated rings. The van der Waals surface area contributed by atoms with Crippen LogP contribution >= 0.6 is 12.2 Å². The summed E-state index contributed by atoms with van der Waals surface area (Å²) in [6.45, 7) is 3.92. The Labute approximate surface area is 254 Å². The lowest BCUT2D eigenvalue weighted by Gasteiger charge is -2.28. The second-order valence-electron chi connectivity index (χ2n) is 10.2. The lowest BCUT2D eigenvalue weighted by atomic mass is 9.96. The number of para-hydroxylation sites is 1. The molecule has 3 heterocycles. The van der Waals surface area contributed by atoms with Gasteiger partial charge in [0.05, 0.1) is 35.9 Å². The van der Waals surface area contributed by atoms with Gasteiger partial charge in [-0.05, 0) is 98.4 Å². The molecule has 1 N–H and O–H groups in total. The fourth-order valence-electron chi connectivity index (χ4n) is 5.67. The van der Waals surface area contributed by atoms with Gasteiger partial charge in [-0.2, -0.15) is 0 Å². The third-order valence-electron chi connectivity index (χ3n) is 7.60. The normalized spacial score (nSPS) is 16.2. The van der Waals surface area contributed by atoms with Gasteiger partial charge in [-0.15, -0.1) is 0 Å². The molecule has 0 unspecified atom stereocenters. The number of rotatable bonds is 8. The average molecular weight is 592 g/mol. The summed E-state index contributed by atoms with van der Waals surface area (Å²) in [6.07, 6.45) is 1.76. The Morgan fingerprint density at radius 3 is 2.28 bits per heavy atom. The number of nitro groups is 1. The number of hydrogen-bond donors (Lipinski definition) is 1. The largest absolute Gasteiger partial charge is 0.496 e. The zero-order chi connectivity index (χ0) is 30.1. The van der Waals surface area contributed by atoms with Gasteiger partial charge in [0.15, 0.2) is 5.11 Å². The van der Waals surface area contributed by atoms with Gasteiger partial charge < -0.3 is 24.3 Å². The number of nitro benzene ring substituents is 1. The average Bonchev–Trinajstić information content (AvgIpc) is 3.52. The van der Waals surface area contributed by atoms with Crippen LogP contribution in [-0.2, 0) is 0 Å². The molecule has 0 saturated carbocycles. The molecule has 0 bridgehead atoms. The van der Waals surface area contributed by atoms with Gasteiger partial charge in [-0.1, -0.05) is 24.3 Å². The molecule has 2 aromatic heterocycles. The topological polar surface area (TPSA) is 94.7 Å². The molecule has 10 heteroatoms. The highest BCUT2D eigenvalue weighted by molar-refractivity contribution is 7.80. The SMILES string of the molecule is COc1ccc(-n2c(C)cc([C@@H]3[C@@H](c4ccccn4)NC(=S)N3c3ccc(Oc4ccccc4)cc3)c2C)c([N+](=O)[O-])c1. The summed E-state index contributed by atoms with van der Waals surface area (Å²) < 4.78 is 13.2. The van der Waals surface area contributed by atoms with Crippen LogP contribution in [-0.4, -0.2) is 26.7 Å². The molecule has 0 aliphatic carbocycles. The van der Waals surface area contributed by atoms with Crippen LogP contribution in [0.1, 0.15) is 34.7 Å². The molecule has 5 aromatic rings. The number of aromatic nitrogens is 2. The predicted octanol–water partition coefficient (Wildman–Crippen LogP) is 7.38. The molecule has 0 spiro atoms. The third-order valence-corrected chi connectivity index (χ3v) is 7.92. The molecule has 1 saturated heterocycles. The fourth-order valence-corrected chi connectivity index (χ4v) is 6.02. The first kappa shape index (κ1) is 27.9. The molecule has 0 amide bonds. The molecule has 1 aliphatic rings. The smallest absolute Gasteiger partial charge is 0.296 e. The third kappa shape index (κ3) is 5.28. The second-order valence-corrected chi connectivity index (χ2v) is 10.6. The standard InChI is InChI=1S/C33H29N5O4S/c1-21-19-27(22(2)36(21)29-17-16-26(41-3)20-30(29)38(39)40)32-31(28-11-7-8-18-34-28)35-33(43)37(32)23-12-14-25(15-13-23)42-24-9-5-4-6-10-24/h4-20,31-32H,1-3H3,(H,35,43)/t31-,32-/m1/s1. The minimum atomic E-state index is -0.384. The first-order chi connectivity index (χ1) is 20.9. The summed E-state index contributed by atoms with van der Waals surface area (Å²) in [4.78, 5) is 18.4. The van der Waals surface area contributed by atoms with E-state index in [1.54, 1.807) is 18.3 Å². The van der Waals surface area contributed by atoms with Crippen molar-refractivity contribution in [3.05, 3.63) is 136 Å². The van der Waals surface area contributed by atoms with E-state index in [2.05, 4.69) is 21.3 Å². The summed E-state index contributed by atoms with van der Waals surface area (Å²) in [5, 5.41) is 16.1. The van der Waals surface area contributed by atoms with E-state index >= 15 is 0 Å². The van der Waals surface area contributed by atoms with Crippen molar-refractivity contribution >= 4 is 28.7 Å². The van der Waals surface area contributed by atoms with E-state index in [9.17, 15) is 10.1 Å². The molecule has 3 aromatic carbocycles. The van der Waals surface area contributed by atoms with E-state index in [4.69, 9.17) is 21.7 Å². The first-order valence-electron chi connectivity index (χ1n) is 13.7. The zero-order valence-corrected chi connectivity index (χ0v) is 24.6. The van der Waals surface area contributed by atoms with Crippen molar-refractivity contribution in [1.82, 2.24) is 14.9 Å². The van der Waals surface area contributed by atoms with Gasteiger partial charge in [0, 0.05) is 23.3 Å². The van der Waals surface area contributed by atoms with Gasteiger partial charge >= 0.3 is 0 Å². The molecular weight excluding hydrogens is 562 g/mol. The molecule has 0 radical (unpaired) electrons. The zero-order valence-electron chi connectivity index (χ0n) is 23.8. The minimum Gasteiger partial charge on any atom is -0.496 e. The van der Waals surface area contributed by atoms with Crippen LogP contribution in [0, 0.1) is 24.0 Å². The molecule has 9 nitrogen and oxygen atoms in total. The number of thiocarbonyl (C=S) groups is 1. The Kier molecular flexibility index (Phi) is 7.52. The highest BCUT2D eigenvalue weighted by Gasteiger charge is 2.42. The van der Waals surface area contributed by atoms with Gasteiger partial charge in [0.2, 0.25) is 0 Å². The monoisotopic (exact) mass is 591 g/mol. The minimum absolute atomic E-state index is 0.0418. The van der Waals surface area contributed by atoms with E-state index < -0.39 is 0 Å². The lowest BCUT2D eigenvalue weighted by Crippen LogP contribution is -2.29. The quantitative estimate of drug-likeness (QED) is 0.114. The van der Waals surface area contributed by atoms with E-state index in [0.29, 0.717) is 22.3 Å². The van der Waals surface area contributed by atoms with Crippen molar-refractivity contribution < 1.29 is 14.4 Å². The predicted molar refractivity (Wildman–Crippen MR) is 169 cm³/mol. The summed E-state index contributed by atoms with van der Waals surface area (Å²) in [5.41, 5.74) is 4.81. The lowest BCUT2D eigenvalue weighted by molar-refractivity contribution is -0.384. The Morgan fingerprint density at radius 2 is 1.60 bits per heavy atom. The molecule has 1 aliphatic heterocycles. The van der Waals surface area contributed by atoms with Crippen LogP contribution in [0.4, 0.5) is 11.4 Å². The Balaban J connectivity index is 1.45. The Hall–Kier alpha value is -5.22. The van der Waals surface area contributed by atoms with Crippen molar-refractivity contribution in [2.75, 3.05) is 12.0 Å². The van der Waals surface area contributed by atoms with E-state index in [-0.39, 0.29) is 22.7 Å². The molecule has 43 heavy (non-hydrogen) atoms. The summed E-state index contributed by atoms with van der Waals surface area (Å²) in [5.74, 6) is 1.88. The van der Waals surface area contributed by atoms with Crippen LogP contribution in [0.15, 0.2) is 103 Å². The summed E-state index contributed by atoms with van der Waals surface area (Å²) in [7, 11) is 1.49. The maximum Gasteiger partial charge on any atom is 0.296 e. The van der Waals surface area contributed by atoms with Crippen LogP contribution in [0.3, 0.4) is 0 Å². The maximum atomic E-state index is 12.1. The van der Waals surface area contributed by atoms with Crippen molar-refractivity contribution in [1.29, 1.82) is 0 Å². The van der Waals surface area contributed by atoms with Crippen molar-refractivity contribution in [2.45, 2.75) is 25.9 Å². The first-order valence-corrected chi connectivity index (χ1v) is 14.1. The van der Waals surface area contributed by atoms with Crippen LogP contribution < -0.4 is 19.7 Å². The summed E-state index contributed by atoms with van der Waals surface area (Å²) >= 11 is 5.92. The van der Waals surface area contributed by atoms with Crippen LogP contribution in [0.5, 0.6) is 17.2 Å². The number of methoxy groups -OCH3 is 1. The number of ether oxygens (including phenoxy) is 2. The van der Waals surface area contributed by atoms with Gasteiger partial charge in [-0.25, -0.2) is 0 Å². The highest BCUT2D eigenvalue weighted by atomic mass is 32.1. The number of aryl methyl sites for hydroxylation is 1. The highest BCUT2D eigenvalue weighted by Crippen LogP contribution is 2.44. The molecule has 6 rings (SSSR count). The van der Waals surface area contributed by atoms with Crippen molar-refractivity contribution in [3.8, 4) is 22.9 Å². The van der Waals surface area contributed by atoms with Crippen LogP contribution in [0.2, 0.25) is 0 Å². The summed E-state index contributed by atoms with van der Waals surface area (Å²) in [6, 6.07) is 29.6. The number of anilines is 1. The number of hydrogen-bond acceptors (Lipinski definition) is 6. The van der Waals surface area contributed by atoms with Gasteiger partial charge in [0.25, 0.3) is 5.69 Å². The van der Waals surface area contributed by atoms with E-state index in [1.165, 1.54) is 13.2 Å². The Bertz CT molecular complexity index is 1790. The number of pyridine rings is 1. The fraction of sp³-hybridized carbons (Fsp3) is 0.152. The molecule has 2 atom stereocenters. The van der Waals surface area contributed by atoms with Crippen molar-refractivity contribution in [3.63, 3.8) is 0 Å². The number of nitrogens with one attached hydrogen (secondary N) is 1. The van der Waals surface area contributed by atoms with Gasteiger partial charge in [0.1, 0.15) is 22.9 Å². The molecule has 216 valence electrons. The number of nitrogens with zero attached hydrogens (tertiary/aromatic N) is 4.